The summed E-state index contributed by atoms with van der Waals surface area (Å²) in [5.74, 6) is 0.808. The molecule has 0 saturated heterocycles. The molecule has 3 N–H and O–H groups in total. The highest BCUT2D eigenvalue weighted by molar-refractivity contribution is 7.17. The van der Waals surface area contributed by atoms with E-state index in [-0.39, 0.29) is 5.91 Å². The van der Waals surface area contributed by atoms with E-state index in [2.05, 4.69) is 15.5 Å². The highest BCUT2D eigenvalue weighted by Gasteiger charge is 2.13. The largest absolute Gasteiger partial charge is 0.490 e. The average Bonchev–Trinajstić information content (AvgIpc) is 3.07. The number of nitrogen functional groups attached to an aromatic ring is 1. The number of benzene rings is 2. The maximum absolute atomic E-state index is 12.2. The van der Waals surface area contributed by atoms with E-state index in [1.54, 1.807) is 19.1 Å². The smallest absolute Gasteiger partial charge is 0.283 e. The molecular formula is C21H21ClN4O3S. The number of amides is 1. The van der Waals surface area contributed by atoms with E-state index in [0.29, 0.717) is 45.4 Å². The Balaban J connectivity index is 1.68. The van der Waals surface area contributed by atoms with Gasteiger partial charge >= 0.3 is 0 Å². The molecule has 0 aliphatic heterocycles. The molecular weight excluding hydrogens is 424 g/mol. The Morgan fingerprint density at radius 2 is 2.07 bits per heavy atom. The molecule has 0 atom stereocenters. The summed E-state index contributed by atoms with van der Waals surface area (Å²) in [6.45, 7) is 4.41. The van der Waals surface area contributed by atoms with E-state index < -0.39 is 0 Å². The lowest BCUT2D eigenvalue weighted by Gasteiger charge is -2.13. The van der Waals surface area contributed by atoms with Crippen molar-refractivity contribution in [2.75, 3.05) is 12.3 Å². The molecule has 0 bridgehead atoms. The second kappa shape index (κ2) is 10.1. The number of halogens is 1. The van der Waals surface area contributed by atoms with Crippen LogP contribution >= 0.6 is 22.9 Å². The molecule has 9 heteroatoms. The molecule has 0 radical (unpaired) electrons. The number of ether oxygens (including phenoxy) is 2. The third-order valence-corrected chi connectivity index (χ3v) is 5.36. The lowest BCUT2D eigenvalue weighted by atomic mass is 10.2. The Morgan fingerprint density at radius 1 is 1.27 bits per heavy atom. The zero-order valence-corrected chi connectivity index (χ0v) is 18.1. The lowest BCUT2D eigenvalue weighted by Crippen LogP contribution is -2.17. The topological polar surface area (TPSA) is 98.8 Å². The summed E-state index contributed by atoms with van der Waals surface area (Å²) in [5.41, 5.74) is 10.3. The van der Waals surface area contributed by atoms with E-state index in [1.165, 1.54) is 6.21 Å². The fraction of sp³-hybridized carbons (Fsp3) is 0.190. The molecule has 0 aliphatic rings. The first kappa shape index (κ1) is 21.6. The van der Waals surface area contributed by atoms with Crippen LogP contribution in [0.25, 0.3) is 0 Å². The van der Waals surface area contributed by atoms with Gasteiger partial charge in [-0.15, -0.1) is 0 Å². The summed E-state index contributed by atoms with van der Waals surface area (Å²) in [6.07, 6.45) is 1.53. The number of carbonyl (C=O) groups excluding carboxylic acids is 1. The van der Waals surface area contributed by atoms with Crippen molar-refractivity contribution in [3.05, 3.63) is 69.2 Å². The van der Waals surface area contributed by atoms with E-state index in [1.807, 2.05) is 37.3 Å². The van der Waals surface area contributed by atoms with Gasteiger partial charge in [-0.1, -0.05) is 41.1 Å². The number of aryl methyl sites for hydroxylation is 1. The Morgan fingerprint density at radius 3 is 2.77 bits per heavy atom. The van der Waals surface area contributed by atoms with Gasteiger partial charge in [0.05, 0.1) is 18.5 Å². The molecule has 1 aromatic heterocycles. The van der Waals surface area contributed by atoms with Crippen LogP contribution in [-0.4, -0.2) is 23.7 Å². The Hall–Kier alpha value is -3.10. The van der Waals surface area contributed by atoms with Crippen LogP contribution < -0.4 is 20.6 Å². The normalized spacial score (nSPS) is 10.9. The van der Waals surface area contributed by atoms with Gasteiger partial charge in [-0.2, -0.15) is 5.10 Å². The maximum atomic E-state index is 12.2. The van der Waals surface area contributed by atoms with Crippen LogP contribution in [0, 0.1) is 6.92 Å². The van der Waals surface area contributed by atoms with Crippen molar-refractivity contribution < 1.29 is 14.3 Å². The molecule has 0 spiro atoms. The fourth-order valence-electron chi connectivity index (χ4n) is 2.61. The van der Waals surface area contributed by atoms with Crippen molar-refractivity contribution in [2.45, 2.75) is 20.5 Å². The van der Waals surface area contributed by atoms with Crippen molar-refractivity contribution in [3.63, 3.8) is 0 Å². The Kier molecular flexibility index (Phi) is 7.26. The molecule has 0 fully saturated rings. The van der Waals surface area contributed by atoms with E-state index in [0.717, 1.165) is 22.5 Å². The van der Waals surface area contributed by atoms with Crippen molar-refractivity contribution in [1.29, 1.82) is 0 Å². The third kappa shape index (κ3) is 5.49. The van der Waals surface area contributed by atoms with Gasteiger partial charge in [0.25, 0.3) is 5.91 Å². The number of nitrogens with two attached hydrogens (primary N) is 1. The van der Waals surface area contributed by atoms with E-state index in [9.17, 15) is 4.79 Å². The predicted octanol–water partition coefficient (Wildman–Crippen LogP) is 4.43. The number of hydrazone groups is 1. The van der Waals surface area contributed by atoms with Gasteiger partial charge in [0, 0.05) is 10.6 Å². The minimum Gasteiger partial charge on any atom is -0.490 e. The van der Waals surface area contributed by atoms with Gasteiger partial charge < -0.3 is 15.2 Å². The van der Waals surface area contributed by atoms with Gasteiger partial charge in [0.1, 0.15) is 11.5 Å². The van der Waals surface area contributed by atoms with Gasteiger partial charge in [-0.05, 0) is 43.7 Å². The molecule has 0 aliphatic carbocycles. The number of nitrogens with one attached hydrogen (secondary N) is 1. The van der Waals surface area contributed by atoms with Crippen LogP contribution in [0.2, 0.25) is 5.02 Å². The number of aromatic nitrogens is 1. The van der Waals surface area contributed by atoms with Crippen LogP contribution in [0.1, 0.15) is 33.4 Å². The lowest BCUT2D eigenvalue weighted by molar-refractivity contribution is 0.0958. The molecule has 3 rings (SSSR count). The molecule has 1 amide bonds. The molecule has 30 heavy (non-hydrogen) atoms. The second-order valence-corrected chi connectivity index (χ2v) is 7.62. The van der Waals surface area contributed by atoms with Gasteiger partial charge in [-0.25, -0.2) is 10.4 Å². The first-order valence-electron chi connectivity index (χ1n) is 9.17. The van der Waals surface area contributed by atoms with Crippen LogP contribution in [0.3, 0.4) is 0 Å². The highest BCUT2D eigenvalue weighted by atomic mass is 35.5. The van der Waals surface area contributed by atoms with Crippen molar-refractivity contribution >= 4 is 40.2 Å². The van der Waals surface area contributed by atoms with E-state index in [4.69, 9.17) is 26.8 Å². The van der Waals surface area contributed by atoms with Crippen LogP contribution in [0.5, 0.6) is 11.5 Å². The summed E-state index contributed by atoms with van der Waals surface area (Å²) < 4.78 is 11.6. The predicted molar refractivity (Wildman–Crippen MR) is 120 cm³/mol. The maximum Gasteiger partial charge on any atom is 0.283 e. The summed E-state index contributed by atoms with van der Waals surface area (Å²) in [6, 6.07) is 12.9. The van der Waals surface area contributed by atoms with Crippen LogP contribution in [-0.2, 0) is 6.61 Å². The summed E-state index contributed by atoms with van der Waals surface area (Å²) >= 11 is 7.30. The molecule has 156 valence electrons. The van der Waals surface area contributed by atoms with Crippen LogP contribution in [0.4, 0.5) is 5.13 Å². The Labute approximate surface area is 183 Å². The third-order valence-electron chi connectivity index (χ3n) is 4.01. The second-order valence-electron chi connectivity index (χ2n) is 6.19. The molecule has 7 nitrogen and oxygen atoms in total. The molecule has 3 aromatic rings. The molecule has 0 unspecified atom stereocenters. The molecule has 2 aromatic carbocycles. The zero-order chi connectivity index (χ0) is 21.5. The quantitative estimate of drug-likeness (QED) is 0.395. The standard InChI is InChI=1S/C21H21ClN4O3S/c1-3-28-18-10-14(11-24-26-20(27)19-13(2)25-21(23)30-19)8-9-17(18)29-12-15-6-4-5-7-16(15)22/h4-11H,3,12H2,1-2H3,(H2,23,25)(H,26,27)/b24-11-. The number of thiazole rings is 1. The Bertz CT molecular complexity index is 1070. The van der Waals surface area contributed by atoms with Crippen molar-refractivity contribution in [3.8, 4) is 11.5 Å². The molecule has 1 heterocycles. The van der Waals surface area contributed by atoms with Crippen molar-refractivity contribution in [1.82, 2.24) is 10.4 Å². The summed E-state index contributed by atoms with van der Waals surface area (Å²) in [4.78, 5) is 16.6. The molecule has 0 saturated carbocycles. The monoisotopic (exact) mass is 444 g/mol. The van der Waals surface area contributed by atoms with Gasteiger partial charge in [0.15, 0.2) is 16.6 Å². The number of rotatable bonds is 8. The first-order chi connectivity index (χ1) is 14.5. The van der Waals surface area contributed by atoms with Crippen LogP contribution in [0.15, 0.2) is 47.6 Å². The van der Waals surface area contributed by atoms with Gasteiger partial charge in [0.2, 0.25) is 0 Å². The SMILES string of the molecule is CCOc1cc(/C=N\NC(=O)c2sc(N)nc2C)ccc1OCc1ccccc1Cl. The van der Waals surface area contributed by atoms with Crippen molar-refractivity contribution in [2.24, 2.45) is 5.10 Å². The summed E-state index contributed by atoms with van der Waals surface area (Å²) in [7, 11) is 0. The van der Waals surface area contributed by atoms with E-state index >= 15 is 0 Å². The number of hydrogen-bond donors (Lipinski definition) is 2. The summed E-state index contributed by atoms with van der Waals surface area (Å²) in [5, 5.41) is 4.99. The number of carbonyl (C=O) groups is 1. The number of nitrogens with zero attached hydrogens (tertiary/aromatic N) is 2. The average molecular weight is 445 g/mol. The first-order valence-corrected chi connectivity index (χ1v) is 10.4. The fourth-order valence-corrected chi connectivity index (χ4v) is 3.52. The highest BCUT2D eigenvalue weighted by Crippen LogP contribution is 2.29. The number of hydrogen-bond acceptors (Lipinski definition) is 7. The minimum absolute atomic E-state index is 0.320. The zero-order valence-electron chi connectivity index (χ0n) is 16.5. The van der Waals surface area contributed by atoms with Gasteiger partial charge in [-0.3, -0.25) is 4.79 Å². The number of anilines is 1. The minimum atomic E-state index is -0.359.